The van der Waals surface area contributed by atoms with E-state index in [0.29, 0.717) is 18.0 Å². The van der Waals surface area contributed by atoms with E-state index in [9.17, 15) is 18.0 Å². The van der Waals surface area contributed by atoms with E-state index in [0.717, 1.165) is 17.7 Å². The van der Waals surface area contributed by atoms with Crippen LogP contribution in [0.25, 0.3) is 0 Å². The minimum absolute atomic E-state index is 0.0118. The summed E-state index contributed by atoms with van der Waals surface area (Å²) in [6.45, 7) is 8.27. The summed E-state index contributed by atoms with van der Waals surface area (Å²) in [7, 11) is 1.59. The highest BCUT2D eigenvalue weighted by Crippen LogP contribution is 2.26. The highest BCUT2D eigenvalue weighted by molar-refractivity contribution is 6.30. The van der Waals surface area contributed by atoms with Crippen LogP contribution in [0.15, 0.2) is 73.3 Å². The van der Waals surface area contributed by atoms with E-state index in [1.165, 1.54) is 21.9 Å². The number of benzene rings is 2. The molecule has 1 N–H and O–H groups in total. The summed E-state index contributed by atoms with van der Waals surface area (Å²) in [4.78, 5) is 15.8. The highest BCUT2D eigenvalue weighted by atomic mass is 35.5. The van der Waals surface area contributed by atoms with Gasteiger partial charge in [0.1, 0.15) is 30.4 Å². The molecule has 0 unspecified atom stereocenters. The largest absolute Gasteiger partial charge is 0.573 e. The third kappa shape index (κ3) is 9.71. The zero-order chi connectivity index (χ0) is 26.7. The van der Waals surface area contributed by atoms with Gasteiger partial charge in [-0.1, -0.05) is 36.4 Å². The van der Waals surface area contributed by atoms with E-state index in [-0.39, 0.29) is 49.6 Å². The summed E-state index contributed by atoms with van der Waals surface area (Å²) < 4.78 is 52.2. The van der Waals surface area contributed by atoms with Crippen LogP contribution in [-0.2, 0) is 16.1 Å². The van der Waals surface area contributed by atoms with E-state index >= 15 is 0 Å². The molecule has 2 aromatic carbocycles. The number of alkyl halides is 3. The summed E-state index contributed by atoms with van der Waals surface area (Å²) in [6.07, 6.45) is -4.39. The van der Waals surface area contributed by atoms with Crippen LogP contribution in [0.3, 0.4) is 0 Å². The maximum absolute atomic E-state index is 12.9. The number of ether oxygens (including phenoxy) is 3. The van der Waals surface area contributed by atoms with Crippen molar-refractivity contribution in [3.8, 4) is 11.5 Å². The molecule has 0 aromatic heterocycles. The van der Waals surface area contributed by atoms with E-state index in [1.807, 2.05) is 0 Å². The molecule has 2 aromatic rings. The molecule has 36 heavy (non-hydrogen) atoms. The maximum Gasteiger partial charge on any atom is 0.573 e. The fourth-order valence-electron chi connectivity index (χ4n) is 3.01. The lowest BCUT2D eigenvalue weighted by Gasteiger charge is -2.30. The molecule has 0 saturated carbocycles. The molecule has 0 aliphatic rings. The average molecular weight is 529 g/mol. The van der Waals surface area contributed by atoms with Crippen LogP contribution in [0.1, 0.15) is 12.0 Å². The first-order chi connectivity index (χ1) is 17.0. The third-order valence-electron chi connectivity index (χ3n) is 4.79. The number of carbonyl (C=O) groups is 1. The van der Waals surface area contributed by atoms with Gasteiger partial charge < -0.3 is 29.1 Å². The van der Waals surface area contributed by atoms with Gasteiger partial charge in [0, 0.05) is 31.3 Å². The smallest absolute Gasteiger partial charge is 0.490 e. The van der Waals surface area contributed by atoms with Crippen molar-refractivity contribution in [2.75, 3.05) is 33.4 Å². The molecule has 11 heteroatoms. The Hall–Kier alpha value is -3.37. The number of amides is 1. The molecule has 2 rings (SSSR count). The first-order valence-corrected chi connectivity index (χ1v) is 11.3. The van der Waals surface area contributed by atoms with E-state index in [2.05, 4.69) is 17.9 Å². The van der Waals surface area contributed by atoms with Crippen molar-refractivity contribution in [2.45, 2.75) is 19.3 Å². The monoisotopic (exact) mass is 528 g/mol. The van der Waals surface area contributed by atoms with Crippen LogP contribution in [0.2, 0.25) is 5.02 Å². The molecule has 196 valence electrons. The average Bonchev–Trinajstić information content (AvgIpc) is 2.83. The summed E-state index contributed by atoms with van der Waals surface area (Å²) in [5, 5.41) is 9.59. The lowest BCUT2D eigenvalue weighted by Crippen LogP contribution is -2.36. The number of nitrogens with zero attached hydrogens (tertiary/aromatic N) is 2. The highest BCUT2D eigenvalue weighted by Gasteiger charge is 2.31. The number of aliphatic hydroxyl groups excluding tert-OH is 1. The standard InChI is InChI=1S/C25H28ClF3N2O5/c1-18(24(33)30(3)12-5-13-32)31(17-20-8-10-21(26)11-9-20)19(2)34-14-15-35-22-6-4-7-23(16-22)36-25(27,28)29/h4,6-11,16,32H,1-2,5,12-15,17H2,3H3. The molecule has 0 heterocycles. The quantitative estimate of drug-likeness (QED) is 0.212. The van der Waals surface area contributed by atoms with Crippen LogP contribution in [0, 0.1) is 0 Å². The Morgan fingerprint density at radius 2 is 1.75 bits per heavy atom. The van der Waals surface area contributed by atoms with Crippen molar-refractivity contribution in [1.29, 1.82) is 0 Å². The molecule has 0 fully saturated rings. The lowest BCUT2D eigenvalue weighted by molar-refractivity contribution is -0.274. The fraction of sp³-hybridized carbons (Fsp3) is 0.320. The van der Waals surface area contributed by atoms with Gasteiger partial charge in [0.25, 0.3) is 5.91 Å². The Bertz CT molecular complexity index is 1030. The number of rotatable bonds is 14. The molecule has 1 amide bonds. The molecule has 0 aliphatic carbocycles. The molecule has 7 nitrogen and oxygen atoms in total. The van der Waals surface area contributed by atoms with E-state index in [4.69, 9.17) is 26.2 Å². The molecule has 0 saturated heterocycles. The molecular formula is C25H28ClF3N2O5. The van der Waals surface area contributed by atoms with Crippen molar-refractivity contribution in [3.63, 3.8) is 0 Å². The van der Waals surface area contributed by atoms with Crippen molar-refractivity contribution < 1.29 is 37.3 Å². The molecule has 0 bridgehead atoms. The number of aliphatic hydroxyl groups is 1. The van der Waals surface area contributed by atoms with Gasteiger partial charge in [-0.25, -0.2) is 0 Å². The number of halogens is 4. The normalized spacial score (nSPS) is 10.9. The van der Waals surface area contributed by atoms with Crippen molar-refractivity contribution >= 4 is 17.5 Å². The van der Waals surface area contributed by atoms with Crippen LogP contribution in [0.4, 0.5) is 13.2 Å². The Labute approximate surface area is 212 Å². The Morgan fingerprint density at radius 3 is 2.39 bits per heavy atom. The number of carbonyl (C=O) groups excluding carboxylic acids is 1. The van der Waals surface area contributed by atoms with Crippen LogP contribution >= 0.6 is 11.6 Å². The fourth-order valence-corrected chi connectivity index (χ4v) is 3.14. The lowest BCUT2D eigenvalue weighted by atomic mass is 10.2. The second-order valence-electron chi connectivity index (χ2n) is 7.58. The molecule has 0 atom stereocenters. The summed E-state index contributed by atoms with van der Waals surface area (Å²) in [5.41, 5.74) is 0.919. The zero-order valence-electron chi connectivity index (χ0n) is 19.8. The topological polar surface area (TPSA) is 71.5 Å². The number of hydrogen-bond donors (Lipinski definition) is 1. The van der Waals surface area contributed by atoms with Gasteiger partial charge in [-0.2, -0.15) is 0 Å². The summed E-state index contributed by atoms with van der Waals surface area (Å²) in [6, 6.07) is 12.1. The van der Waals surface area contributed by atoms with E-state index < -0.39 is 12.1 Å². The van der Waals surface area contributed by atoms with Gasteiger partial charge in [-0.05, 0) is 42.8 Å². The summed E-state index contributed by atoms with van der Waals surface area (Å²) >= 11 is 5.96. The predicted molar refractivity (Wildman–Crippen MR) is 129 cm³/mol. The van der Waals surface area contributed by atoms with Gasteiger partial charge in [0.15, 0.2) is 5.88 Å². The van der Waals surface area contributed by atoms with Gasteiger partial charge in [-0.3, -0.25) is 4.79 Å². The SMILES string of the molecule is C=C(OCCOc1cccc(OC(F)(F)F)c1)N(Cc1ccc(Cl)cc1)C(=C)C(=O)N(C)CCCO. The summed E-state index contributed by atoms with van der Waals surface area (Å²) in [5.74, 6) is -0.495. The number of hydrogen-bond acceptors (Lipinski definition) is 6. The van der Waals surface area contributed by atoms with Crippen molar-refractivity contribution in [3.05, 3.63) is 83.9 Å². The Kier molecular flexibility index (Phi) is 10.9. The molecule has 0 spiro atoms. The minimum Gasteiger partial charge on any atom is -0.490 e. The number of likely N-dealkylation sites (N-methyl/N-ethyl adjacent to an activating group) is 1. The zero-order valence-corrected chi connectivity index (χ0v) is 20.5. The molecule has 0 aliphatic heterocycles. The third-order valence-corrected chi connectivity index (χ3v) is 5.04. The van der Waals surface area contributed by atoms with Gasteiger partial charge in [-0.15, -0.1) is 13.2 Å². The van der Waals surface area contributed by atoms with E-state index in [1.54, 1.807) is 31.3 Å². The first-order valence-electron chi connectivity index (χ1n) is 10.9. The van der Waals surface area contributed by atoms with Crippen LogP contribution in [0.5, 0.6) is 11.5 Å². The van der Waals surface area contributed by atoms with Crippen LogP contribution < -0.4 is 9.47 Å². The van der Waals surface area contributed by atoms with Crippen molar-refractivity contribution in [1.82, 2.24) is 9.80 Å². The molecular weight excluding hydrogens is 501 g/mol. The Balaban J connectivity index is 2.01. The minimum atomic E-state index is -4.81. The van der Waals surface area contributed by atoms with Gasteiger partial charge in [0.2, 0.25) is 0 Å². The maximum atomic E-state index is 12.9. The van der Waals surface area contributed by atoms with Gasteiger partial charge in [0.05, 0.1) is 6.54 Å². The second-order valence-corrected chi connectivity index (χ2v) is 8.01. The first kappa shape index (κ1) is 28.9. The molecule has 0 radical (unpaired) electrons. The van der Waals surface area contributed by atoms with Crippen LogP contribution in [-0.4, -0.2) is 60.6 Å². The predicted octanol–water partition coefficient (Wildman–Crippen LogP) is 4.96. The van der Waals surface area contributed by atoms with Crippen molar-refractivity contribution in [2.24, 2.45) is 0 Å². The second kappa shape index (κ2) is 13.6. The Morgan fingerprint density at radius 1 is 1.08 bits per heavy atom. The van der Waals surface area contributed by atoms with Gasteiger partial charge >= 0.3 is 6.36 Å².